The van der Waals surface area contributed by atoms with Crippen molar-refractivity contribution in [2.45, 2.75) is 258 Å². The number of Topliss-reactive ketones (excluding diaryl/α,β-unsaturated/α-hetero) is 2. The van der Waals surface area contributed by atoms with Crippen LogP contribution in [0.3, 0.4) is 0 Å². The Hall–Kier alpha value is -5.04. The highest BCUT2D eigenvalue weighted by molar-refractivity contribution is 6.24. The van der Waals surface area contributed by atoms with Crippen LogP contribution < -0.4 is 16.0 Å². The first-order chi connectivity index (χ1) is 38.2. The molecule has 2 aromatic rings. The molecule has 0 aromatic heterocycles. The molecule has 6 amide bonds. The van der Waals surface area contributed by atoms with E-state index in [0.717, 1.165) is 99.2 Å². The molecule has 2 saturated carbocycles. The molecule has 13 nitrogen and oxygen atoms in total. The Morgan fingerprint density at radius 2 is 0.975 bits per heavy atom. The van der Waals surface area contributed by atoms with E-state index < -0.39 is 35.7 Å². The van der Waals surface area contributed by atoms with E-state index in [4.69, 9.17) is 0 Å². The maximum atomic E-state index is 14.2. The van der Waals surface area contributed by atoms with Gasteiger partial charge >= 0.3 is 0 Å². The fraction of sp³-hybridized carbons (Fsp3) is 0.697. The molecule has 2 aliphatic carbocycles. The van der Waals surface area contributed by atoms with Gasteiger partial charge in [-0.1, -0.05) is 156 Å². The summed E-state index contributed by atoms with van der Waals surface area (Å²) in [5.41, 5.74) is 1.50. The van der Waals surface area contributed by atoms with Gasteiger partial charge in [-0.05, 0) is 139 Å². The number of carbonyl (C=O) groups is 8. The second-order valence-electron chi connectivity index (χ2n) is 24.4. The van der Waals surface area contributed by atoms with Gasteiger partial charge in [0.15, 0.2) is 11.6 Å². The summed E-state index contributed by atoms with van der Waals surface area (Å²) in [5, 5.41) is 9.79. The number of ketones is 2. The Labute approximate surface area is 474 Å². The number of nitrogens with zero attached hydrogens (tertiary/aromatic N) is 2. The lowest BCUT2D eigenvalue weighted by atomic mass is 9.70. The van der Waals surface area contributed by atoms with E-state index >= 15 is 0 Å². The Morgan fingerprint density at radius 1 is 0.532 bits per heavy atom. The average molecular weight is 1090 g/mol. The van der Waals surface area contributed by atoms with Gasteiger partial charge in [0.05, 0.1) is 28.3 Å². The second kappa shape index (κ2) is 32.4. The van der Waals surface area contributed by atoms with Crippen LogP contribution in [0.2, 0.25) is 0 Å². The summed E-state index contributed by atoms with van der Waals surface area (Å²) in [6.07, 6.45) is 30.2. The predicted molar refractivity (Wildman–Crippen MR) is 313 cm³/mol. The number of carbonyl (C=O) groups excluding carboxylic acids is 8. The van der Waals surface area contributed by atoms with Gasteiger partial charge in [-0.25, -0.2) is 0 Å². The summed E-state index contributed by atoms with van der Waals surface area (Å²) in [5.74, 6) is -0.517. The Bertz CT molecular complexity index is 2380. The zero-order chi connectivity index (χ0) is 56.8. The van der Waals surface area contributed by atoms with Crippen LogP contribution in [0.4, 0.5) is 0 Å². The molecule has 2 heterocycles. The Morgan fingerprint density at radius 3 is 1.49 bits per heavy atom. The number of hydrogen-bond acceptors (Lipinski definition) is 9. The maximum Gasteiger partial charge on any atom is 0.262 e. The lowest BCUT2D eigenvalue weighted by molar-refractivity contribution is -0.125. The number of unbranched alkanes of at least 4 members (excludes halogenated alkanes) is 18. The Balaban J connectivity index is 0.950. The first kappa shape index (κ1) is 63.1. The molecule has 6 rings (SSSR count). The normalized spacial score (nSPS) is 21.7. The SMILES string of the molecule is CCCCCCCCCCC(C(C)=O)N1C(=O)c2ccc(C(=O)CCCCCCCNC(=O)C(CCCCCCCCCC)N3C(=O)c4ccc(C(=O)NC5CCC(CC6CCC(NC)C(C)C6)CC5C)cc4C3=O)cc2C1=O. The number of imide groups is 2. The van der Waals surface area contributed by atoms with Gasteiger partial charge < -0.3 is 16.0 Å². The van der Waals surface area contributed by atoms with Crippen molar-refractivity contribution in [2.24, 2.45) is 23.7 Å². The largest absolute Gasteiger partial charge is 0.354 e. The quantitative estimate of drug-likeness (QED) is 0.0340. The molecule has 2 fully saturated rings. The summed E-state index contributed by atoms with van der Waals surface area (Å²) in [6.45, 7) is 10.8. The van der Waals surface area contributed by atoms with Gasteiger partial charge in [0.25, 0.3) is 29.5 Å². The summed E-state index contributed by atoms with van der Waals surface area (Å²) in [4.78, 5) is 111. The van der Waals surface area contributed by atoms with E-state index in [2.05, 4.69) is 50.7 Å². The van der Waals surface area contributed by atoms with Crippen molar-refractivity contribution in [1.29, 1.82) is 0 Å². The highest BCUT2D eigenvalue weighted by Crippen LogP contribution is 2.39. The third kappa shape index (κ3) is 17.7. The van der Waals surface area contributed by atoms with Crippen LogP contribution in [-0.2, 0) is 9.59 Å². The molecule has 2 aromatic carbocycles. The standard InChI is InChI=1S/C66H99N5O8/c1-7-9-11-13-15-17-20-24-28-58(47(5)72)70-63(76)52-35-33-50(43-54(52)65(70)78)60(73)30-26-22-19-23-27-39-68-62(75)59(29-25-21-18-16-14-12-10-8-2)71-64(77)53-36-34-51(44-55(53)66(71)79)61(74)69-57-38-32-49(41-46(57)4)42-48-31-37-56(67-6)45(3)40-48/h33-36,43-46,48-49,56-59,67H,7-32,37-42H2,1-6H3,(H,68,75)(H,69,74). The van der Waals surface area contributed by atoms with Crippen LogP contribution in [0.1, 0.15) is 296 Å². The number of amides is 6. The molecule has 8 unspecified atom stereocenters. The number of benzene rings is 2. The van der Waals surface area contributed by atoms with Crippen LogP contribution >= 0.6 is 0 Å². The molecule has 0 bridgehead atoms. The fourth-order valence-electron chi connectivity index (χ4n) is 13.5. The molecule has 3 N–H and O–H groups in total. The first-order valence-corrected chi connectivity index (χ1v) is 31.5. The first-order valence-electron chi connectivity index (χ1n) is 31.5. The van der Waals surface area contributed by atoms with Crippen molar-refractivity contribution in [3.8, 4) is 0 Å². The molecule has 79 heavy (non-hydrogen) atoms. The van der Waals surface area contributed by atoms with Gasteiger partial charge in [-0.15, -0.1) is 0 Å². The lowest BCUT2D eigenvalue weighted by Gasteiger charge is -2.39. The predicted octanol–water partition coefficient (Wildman–Crippen LogP) is 13.6. The van der Waals surface area contributed by atoms with Crippen LogP contribution in [-0.4, -0.2) is 94.6 Å². The molecule has 8 atom stereocenters. The van der Waals surface area contributed by atoms with Crippen molar-refractivity contribution in [1.82, 2.24) is 25.8 Å². The van der Waals surface area contributed by atoms with Crippen molar-refractivity contribution in [3.63, 3.8) is 0 Å². The van der Waals surface area contributed by atoms with Crippen molar-refractivity contribution >= 4 is 47.0 Å². The minimum Gasteiger partial charge on any atom is -0.354 e. The van der Waals surface area contributed by atoms with Gasteiger partial charge in [0.1, 0.15) is 6.04 Å². The van der Waals surface area contributed by atoms with E-state index in [1.54, 1.807) is 24.3 Å². The third-order valence-electron chi connectivity index (χ3n) is 18.3. The minimum atomic E-state index is -0.973. The van der Waals surface area contributed by atoms with Crippen LogP contribution in [0.25, 0.3) is 0 Å². The monoisotopic (exact) mass is 1090 g/mol. The number of fused-ring (bicyclic) bond motifs is 2. The summed E-state index contributed by atoms with van der Waals surface area (Å²) in [7, 11) is 2.07. The number of hydrogen-bond donors (Lipinski definition) is 3. The van der Waals surface area contributed by atoms with E-state index in [1.807, 2.05) is 0 Å². The van der Waals surface area contributed by atoms with E-state index in [-0.39, 0.29) is 58.1 Å². The van der Waals surface area contributed by atoms with Crippen molar-refractivity contribution in [3.05, 3.63) is 69.8 Å². The molecule has 0 radical (unpaired) electrons. The van der Waals surface area contributed by atoms with Crippen molar-refractivity contribution in [2.75, 3.05) is 13.6 Å². The zero-order valence-corrected chi connectivity index (χ0v) is 49.4. The van der Waals surface area contributed by atoms with Crippen LogP contribution in [0.15, 0.2) is 36.4 Å². The maximum absolute atomic E-state index is 14.2. The van der Waals surface area contributed by atoms with E-state index in [1.165, 1.54) is 96.1 Å². The summed E-state index contributed by atoms with van der Waals surface area (Å²) >= 11 is 0. The lowest BCUT2D eigenvalue weighted by Crippen LogP contribution is -2.49. The van der Waals surface area contributed by atoms with Crippen molar-refractivity contribution < 1.29 is 38.4 Å². The van der Waals surface area contributed by atoms with Gasteiger partial charge in [0, 0.05) is 36.2 Å². The molecule has 2 aliphatic heterocycles. The van der Waals surface area contributed by atoms with Gasteiger partial charge in [-0.2, -0.15) is 0 Å². The molecular formula is C66H99N5O8. The summed E-state index contributed by atoms with van der Waals surface area (Å²) in [6, 6.07) is 8.25. The summed E-state index contributed by atoms with van der Waals surface area (Å²) < 4.78 is 0. The number of nitrogens with one attached hydrogen (secondary N) is 3. The highest BCUT2D eigenvalue weighted by Gasteiger charge is 2.44. The minimum absolute atomic E-state index is 0.0365. The topological polar surface area (TPSA) is 179 Å². The smallest absolute Gasteiger partial charge is 0.262 e. The zero-order valence-electron chi connectivity index (χ0n) is 49.4. The molecule has 436 valence electrons. The molecular weight excluding hydrogens is 991 g/mol. The third-order valence-corrected chi connectivity index (χ3v) is 18.3. The van der Waals surface area contributed by atoms with E-state index in [9.17, 15) is 38.4 Å². The van der Waals surface area contributed by atoms with Crippen LogP contribution in [0.5, 0.6) is 0 Å². The second-order valence-corrected chi connectivity index (χ2v) is 24.4. The van der Waals surface area contributed by atoms with Gasteiger partial charge in [0.2, 0.25) is 5.91 Å². The highest BCUT2D eigenvalue weighted by atomic mass is 16.2. The van der Waals surface area contributed by atoms with E-state index in [0.29, 0.717) is 73.6 Å². The Kier molecular flexibility index (Phi) is 25.9. The molecule has 13 heteroatoms. The average Bonchev–Trinajstić information content (AvgIpc) is 4.11. The van der Waals surface area contributed by atoms with Gasteiger partial charge in [-0.3, -0.25) is 48.2 Å². The molecule has 4 aliphatic rings. The molecule has 0 spiro atoms. The molecule has 0 saturated heterocycles. The number of rotatable bonds is 36. The fourth-order valence-corrected chi connectivity index (χ4v) is 13.5. The van der Waals surface area contributed by atoms with Crippen LogP contribution in [0, 0.1) is 23.7 Å².